The molecule has 0 saturated carbocycles. The molecule has 0 amide bonds. The molecule has 5 heteroatoms. The maximum absolute atomic E-state index is 11.7. The van der Waals surface area contributed by atoms with E-state index in [9.17, 15) is 9.59 Å². The van der Waals surface area contributed by atoms with Crippen LogP contribution < -0.4 is 0 Å². The molecule has 1 unspecified atom stereocenters. The number of carbonyl (C=O) groups excluding carboxylic acids is 1. The first-order chi connectivity index (χ1) is 8.94. The predicted octanol–water partition coefficient (Wildman–Crippen LogP) is 3.62. The first kappa shape index (κ1) is 18.6. The zero-order valence-electron chi connectivity index (χ0n) is 13.4. The van der Waals surface area contributed by atoms with Crippen LogP contribution in [0.4, 0.5) is 0 Å². The van der Waals surface area contributed by atoms with Gasteiger partial charge in [0.15, 0.2) is 0 Å². The van der Waals surface area contributed by atoms with Crippen molar-refractivity contribution in [2.75, 3.05) is 0 Å². The van der Waals surface area contributed by atoms with E-state index in [4.69, 9.17) is 9.84 Å². The van der Waals surface area contributed by atoms with Crippen molar-refractivity contribution >= 4 is 20.0 Å². The summed E-state index contributed by atoms with van der Waals surface area (Å²) in [6.07, 6.45) is 0.182. The van der Waals surface area contributed by atoms with Crippen LogP contribution in [-0.2, 0) is 14.3 Å². The maximum atomic E-state index is 11.7. The fraction of sp³-hybridized carbons (Fsp3) is 0.600. The van der Waals surface area contributed by atoms with Crippen LogP contribution in [0.1, 0.15) is 27.2 Å². The van der Waals surface area contributed by atoms with Gasteiger partial charge in [-0.1, -0.05) is 31.8 Å². The van der Waals surface area contributed by atoms with Crippen molar-refractivity contribution in [1.82, 2.24) is 0 Å². The van der Waals surface area contributed by atoms with Crippen LogP contribution in [0.15, 0.2) is 23.3 Å². The Labute approximate surface area is 122 Å². The monoisotopic (exact) mass is 298 g/mol. The van der Waals surface area contributed by atoms with Crippen molar-refractivity contribution in [2.45, 2.75) is 59.0 Å². The molecule has 20 heavy (non-hydrogen) atoms. The predicted molar refractivity (Wildman–Crippen MR) is 83.5 cm³/mol. The zero-order chi connectivity index (χ0) is 16.1. The average molecular weight is 298 g/mol. The number of carboxylic acid groups (broad SMARTS) is 1. The fourth-order valence-electron chi connectivity index (χ4n) is 1.77. The Hall–Kier alpha value is -1.36. The van der Waals surface area contributed by atoms with Gasteiger partial charge in [0.25, 0.3) is 0 Å². The van der Waals surface area contributed by atoms with Gasteiger partial charge in [0.2, 0.25) is 0 Å². The minimum absolute atomic E-state index is 0.278. The highest BCUT2D eigenvalue weighted by Crippen LogP contribution is 2.22. The van der Waals surface area contributed by atoms with Crippen LogP contribution in [0, 0.1) is 0 Å². The lowest BCUT2D eigenvalue weighted by atomic mass is 10.1. The lowest BCUT2D eigenvalue weighted by Crippen LogP contribution is -2.30. The van der Waals surface area contributed by atoms with Crippen LogP contribution in [-0.4, -0.2) is 31.2 Å². The van der Waals surface area contributed by atoms with E-state index in [2.05, 4.69) is 26.2 Å². The van der Waals surface area contributed by atoms with Crippen LogP contribution in [0.3, 0.4) is 0 Å². The highest BCUT2D eigenvalue weighted by atomic mass is 28.3. The molecule has 1 N–H and O–H groups in total. The van der Waals surface area contributed by atoms with Crippen LogP contribution >= 0.6 is 0 Å². The van der Waals surface area contributed by atoms with Crippen molar-refractivity contribution in [1.29, 1.82) is 0 Å². The van der Waals surface area contributed by atoms with E-state index >= 15 is 0 Å². The molecule has 0 aliphatic heterocycles. The normalized spacial score (nSPS) is 14.3. The van der Waals surface area contributed by atoms with E-state index in [1.165, 1.54) is 0 Å². The zero-order valence-corrected chi connectivity index (χ0v) is 14.4. The van der Waals surface area contributed by atoms with Gasteiger partial charge in [-0.3, -0.25) is 0 Å². The molecule has 0 heterocycles. The fourth-order valence-corrected chi connectivity index (χ4v) is 3.36. The Kier molecular flexibility index (Phi) is 6.92. The third-order valence-electron chi connectivity index (χ3n) is 2.96. The van der Waals surface area contributed by atoms with Crippen molar-refractivity contribution < 1.29 is 19.4 Å². The summed E-state index contributed by atoms with van der Waals surface area (Å²) >= 11 is 0. The molecule has 0 aromatic heterocycles. The molecule has 0 aromatic carbocycles. The van der Waals surface area contributed by atoms with Gasteiger partial charge in [-0.2, -0.15) is 0 Å². The van der Waals surface area contributed by atoms with Gasteiger partial charge >= 0.3 is 11.9 Å². The summed E-state index contributed by atoms with van der Waals surface area (Å²) in [5.41, 5.74) is 1.43. The first-order valence-corrected chi connectivity index (χ1v) is 10.4. The molecule has 1 atom stereocenters. The standard InChI is InChI=1S/C15H26O4Si/c1-10(2)15(18)19-13(9-20(5,6)7)8-11(3)12(4)14(16)17/h13H,1,8-9H2,2-7H3,(H,16,17). The molecule has 0 radical (unpaired) electrons. The van der Waals surface area contributed by atoms with Gasteiger partial charge in [-0.05, 0) is 26.8 Å². The molecule has 0 aliphatic carbocycles. The summed E-state index contributed by atoms with van der Waals surface area (Å²) in [6.45, 7) is 15.1. The quantitative estimate of drug-likeness (QED) is 0.443. The highest BCUT2D eigenvalue weighted by molar-refractivity contribution is 6.76. The molecule has 114 valence electrons. The lowest BCUT2D eigenvalue weighted by molar-refractivity contribution is -0.143. The van der Waals surface area contributed by atoms with E-state index in [0.717, 1.165) is 11.6 Å². The van der Waals surface area contributed by atoms with E-state index in [0.29, 0.717) is 17.6 Å². The number of ether oxygens (including phenoxy) is 1. The molecule has 4 nitrogen and oxygen atoms in total. The molecule has 0 aliphatic rings. The SMILES string of the molecule is C=C(C)C(=O)OC(CC(C)=C(C)C(=O)O)C[Si](C)(C)C. The van der Waals surface area contributed by atoms with E-state index in [1.54, 1.807) is 20.8 Å². The van der Waals surface area contributed by atoms with E-state index in [-0.39, 0.29) is 6.10 Å². The van der Waals surface area contributed by atoms with Crippen molar-refractivity contribution in [3.05, 3.63) is 23.3 Å². The third-order valence-corrected chi connectivity index (χ3v) is 4.64. The Bertz CT molecular complexity index is 430. The summed E-state index contributed by atoms with van der Waals surface area (Å²) in [7, 11) is -1.43. The van der Waals surface area contributed by atoms with Crippen molar-refractivity contribution in [2.24, 2.45) is 0 Å². The second-order valence-corrected chi connectivity index (χ2v) is 12.0. The van der Waals surface area contributed by atoms with Crippen LogP contribution in [0.25, 0.3) is 0 Å². The van der Waals surface area contributed by atoms with Gasteiger partial charge in [0.1, 0.15) is 6.10 Å². The topological polar surface area (TPSA) is 63.6 Å². The second-order valence-electron chi connectivity index (χ2n) is 6.49. The van der Waals surface area contributed by atoms with Gasteiger partial charge in [-0.15, -0.1) is 0 Å². The van der Waals surface area contributed by atoms with Gasteiger partial charge in [0.05, 0.1) is 0 Å². The molecule has 0 rings (SSSR count). The molecule has 0 spiro atoms. The number of hydrogen-bond donors (Lipinski definition) is 1. The summed E-state index contributed by atoms with van der Waals surface area (Å²) in [6, 6.07) is 0.802. The summed E-state index contributed by atoms with van der Waals surface area (Å²) in [5, 5.41) is 9.00. The summed E-state index contributed by atoms with van der Waals surface area (Å²) in [5.74, 6) is -1.34. The van der Waals surface area contributed by atoms with Gasteiger partial charge in [-0.25, -0.2) is 9.59 Å². The smallest absolute Gasteiger partial charge is 0.333 e. The largest absolute Gasteiger partial charge is 0.478 e. The first-order valence-electron chi connectivity index (χ1n) is 6.70. The lowest BCUT2D eigenvalue weighted by Gasteiger charge is -2.25. The average Bonchev–Trinajstić information content (AvgIpc) is 2.24. The van der Waals surface area contributed by atoms with E-state index in [1.807, 2.05) is 0 Å². The van der Waals surface area contributed by atoms with Crippen molar-refractivity contribution in [3.8, 4) is 0 Å². The molecule has 0 aromatic rings. The molecule has 0 bridgehead atoms. The Balaban J connectivity index is 5.05. The van der Waals surface area contributed by atoms with E-state index < -0.39 is 20.0 Å². The Morgan fingerprint density at radius 1 is 1.20 bits per heavy atom. The summed E-state index contributed by atoms with van der Waals surface area (Å²) < 4.78 is 5.46. The number of hydrogen-bond acceptors (Lipinski definition) is 3. The molecule has 0 saturated heterocycles. The minimum atomic E-state index is -1.43. The number of esters is 1. The second kappa shape index (κ2) is 7.43. The highest BCUT2D eigenvalue weighted by Gasteiger charge is 2.25. The Morgan fingerprint density at radius 2 is 1.70 bits per heavy atom. The number of carboxylic acids is 1. The minimum Gasteiger partial charge on any atom is -0.478 e. The van der Waals surface area contributed by atoms with Gasteiger partial charge in [0, 0.05) is 25.6 Å². The van der Waals surface area contributed by atoms with Crippen LogP contribution in [0.5, 0.6) is 0 Å². The molecular formula is C15H26O4Si. The van der Waals surface area contributed by atoms with Crippen LogP contribution in [0.2, 0.25) is 25.7 Å². The number of aliphatic carboxylic acids is 1. The maximum Gasteiger partial charge on any atom is 0.333 e. The third kappa shape index (κ3) is 7.28. The number of carbonyl (C=O) groups is 2. The summed E-state index contributed by atoms with van der Waals surface area (Å²) in [4.78, 5) is 22.7. The number of rotatable bonds is 7. The van der Waals surface area contributed by atoms with Gasteiger partial charge < -0.3 is 9.84 Å². The molecule has 0 fully saturated rings. The van der Waals surface area contributed by atoms with Crippen molar-refractivity contribution in [3.63, 3.8) is 0 Å². The Morgan fingerprint density at radius 3 is 2.05 bits per heavy atom. The molecular weight excluding hydrogens is 272 g/mol.